The van der Waals surface area contributed by atoms with Crippen LogP contribution in [-0.4, -0.2) is 37.2 Å². The van der Waals surface area contributed by atoms with E-state index < -0.39 is 17.4 Å². The van der Waals surface area contributed by atoms with E-state index in [0.717, 1.165) is 5.69 Å². The molecule has 5 rings (SSSR count). The van der Waals surface area contributed by atoms with Crippen LogP contribution >= 0.6 is 0 Å². The first-order chi connectivity index (χ1) is 13.6. The molecule has 0 aliphatic carbocycles. The minimum atomic E-state index is -0.752. The number of amides is 2. The lowest BCUT2D eigenvalue weighted by Gasteiger charge is -2.23. The van der Waals surface area contributed by atoms with Crippen LogP contribution in [0.5, 0.6) is 5.75 Å². The van der Waals surface area contributed by atoms with Crippen molar-refractivity contribution in [1.82, 2.24) is 5.32 Å². The van der Waals surface area contributed by atoms with Gasteiger partial charge in [0.15, 0.2) is 0 Å². The largest absolute Gasteiger partial charge is 0.497 e. The third-order valence-corrected chi connectivity index (χ3v) is 5.79. The third-order valence-electron chi connectivity index (χ3n) is 5.79. The van der Waals surface area contributed by atoms with E-state index in [4.69, 9.17) is 13.9 Å². The molecule has 0 unspecified atom stereocenters. The number of hydrogen-bond donors (Lipinski definition) is 1. The summed E-state index contributed by atoms with van der Waals surface area (Å²) >= 11 is 0. The fraction of sp³-hybridized carbons (Fsp3) is 0.333. The number of carbonyl (C=O) groups excluding carboxylic acids is 2. The van der Waals surface area contributed by atoms with Gasteiger partial charge in [-0.15, -0.1) is 0 Å². The molecule has 7 heteroatoms. The number of benzene rings is 1. The summed E-state index contributed by atoms with van der Waals surface area (Å²) in [6.07, 6.45) is 5.03. The summed E-state index contributed by atoms with van der Waals surface area (Å²) in [7, 11) is 1.59. The van der Waals surface area contributed by atoms with Gasteiger partial charge in [0, 0.05) is 11.8 Å². The number of fused-ring (bicyclic) bond motifs is 1. The second kappa shape index (κ2) is 6.24. The highest BCUT2D eigenvalue weighted by Crippen LogP contribution is 2.52. The minimum Gasteiger partial charge on any atom is -0.497 e. The highest BCUT2D eigenvalue weighted by atomic mass is 16.5. The number of anilines is 1. The SMILES string of the molecule is COc1cccc(N2C[C@@]34C=C[C@H](O3)[C@@H](C(=O)NCc3ccco3)[C@H]4C2=O)c1. The maximum atomic E-state index is 13.3. The molecular formula is C21H20N2O5. The highest BCUT2D eigenvalue weighted by molar-refractivity contribution is 6.03. The average Bonchev–Trinajstić information content (AvgIpc) is 3.48. The van der Waals surface area contributed by atoms with Gasteiger partial charge >= 0.3 is 0 Å². The monoisotopic (exact) mass is 380 g/mol. The molecule has 3 aliphatic rings. The van der Waals surface area contributed by atoms with Crippen molar-refractivity contribution < 1.29 is 23.5 Å². The van der Waals surface area contributed by atoms with Crippen molar-refractivity contribution in [3.05, 3.63) is 60.6 Å². The maximum Gasteiger partial charge on any atom is 0.234 e. The maximum absolute atomic E-state index is 13.3. The second-order valence-electron chi connectivity index (χ2n) is 7.32. The molecule has 2 saturated heterocycles. The number of nitrogens with zero attached hydrogens (tertiary/aromatic N) is 1. The Morgan fingerprint density at radius 2 is 2.25 bits per heavy atom. The normalized spacial score (nSPS) is 30.0. The number of rotatable bonds is 5. The fourth-order valence-corrected chi connectivity index (χ4v) is 4.50. The van der Waals surface area contributed by atoms with E-state index in [2.05, 4.69) is 5.32 Å². The molecule has 2 amide bonds. The zero-order valence-electron chi connectivity index (χ0n) is 15.3. The Hall–Kier alpha value is -3.06. The van der Waals surface area contributed by atoms with Gasteiger partial charge in [0.25, 0.3) is 0 Å². The summed E-state index contributed by atoms with van der Waals surface area (Å²) in [5.41, 5.74) is -0.0133. The molecule has 2 bridgehead atoms. The zero-order valence-corrected chi connectivity index (χ0v) is 15.3. The van der Waals surface area contributed by atoms with Crippen LogP contribution in [0, 0.1) is 11.8 Å². The fourth-order valence-electron chi connectivity index (χ4n) is 4.50. The van der Waals surface area contributed by atoms with E-state index in [1.165, 1.54) is 0 Å². The van der Waals surface area contributed by atoms with Crippen LogP contribution in [0.4, 0.5) is 5.69 Å². The average molecular weight is 380 g/mol. The van der Waals surface area contributed by atoms with Gasteiger partial charge in [0.2, 0.25) is 11.8 Å². The lowest BCUT2D eigenvalue weighted by atomic mass is 9.77. The standard InChI is InChI=1S/C21H20N2O5/c1-26-14-5-2-4-13(10-14)23-12-21-8-7-16(28-21)17(18(21)20(23)25)19(24)22-11-15-6-3-9-27-15/h2-10,16-18H,11-12H2,1H3,(H,22,24)/t16-,17+,18-,21+/m0/s1. The lowest BCUT2D eigenvalue weighted by molar-refractivity contribution is -0.132. The molecule has 7 nitrogen and oxygen atoms in total. The second-order valence-corrected chi connectivity index (χ2v) is 7.32. The predicted molar refractivity (Wildman–Crippen MR) is 99.6 cm³/mol. The number of hydrogen-bond acceptors (Lipinski definition) is 5. The molecule has 4 atom stereocenters. The predicted octanol–water partition coefficient (Wildman–Crippen LogP) is 1.89. The molecule has 0 saturated carbocycles. The van der Waals surface area contributed by atoms with Gasteiger partial charge in [-0.1, -0.05) is 18.2 Å². The highest BCUT2D eigenvalue weighted by Gasteiger charge is 2.67. The first kappa shape index (κ1) is 17.1. The summed E-state index contributed by atoms with van der Waals surface area (Å²) in [6.45, 7) is 0.672. The molecule has 2 aromatic rings. The Morgan fingerprint density at radius 3 is 3.04 bits per heavy atom. The quantitative estimate of drug-likeness (QED) is 0.802. The molecular weight excluding hydrogens is 360 g/mol. The molecule has 3 aliphatic heterocycles. The first-order valence-electron chi connectivity index (χ1n) is 9.24. The van der Waals surface area contributed by atoms with Crippen LogP contribution in [-0.2, 0) is 20.9 Å². The molecule has 1 aromatic carbocycles. The van der Waals surface area contributed by atoms with Crippen molar-refractivity contribution in [2.24, 2.45) is 11.8 Å². The van der Waals surface area contributed by atoms with Gasteiger partial charge in [0.05, 0.1) is 44.4 Å². The first-order valence-corrected chi connectivity index (χ1v) is 9.24. The molecule has 1 N–H and O–H groups in total. The van der Waals surface area contributed by atoms with Crippen LogP contribution in [0.1, 0.15) is 5.76 Å². The number of furan rings is 1. The van der Waals surface area contributed by atoms with Crippen LogP contribution < -0.4 is 15.0 Å². The topological polar surface area (TPSA) is 81.0 Å². The van der Waals surface area contributed by atoms with E-state index in [-0.39, 0.29) is 24.5 Å². The molecule has 4 heterocycles. The minimum absolute atomic E-state index is 0.0988. The number of nitrogens with one attached hydrogen (secondary N) is 1. The Balaban J connectivity index is 1.40. The van der Waals surface area contributed by atoms with Gasteiger partial charge in [-0.2, -0.15) is 0 Å². The van der Waals surface area contributed by atoms with Gasteiger partial charge < -0.3 is 24.1 Å². The van der Waals surface area contributed by atoms with E-state index >= 15 is 0 Å². The summed E-state index contributed by atoms with van der Waals surface area (Å²) in [4.78, 5) is 27.9. The van der Waals surface area contributed by atoms with Gasteiger partial charge in [-0.3, -0.25) is 9.59 Å². The van der Waals surface area contributed by atoms with Crippen LogP contribution in [0.3, 0.4) is 0 Å². The zero-order chi connectivity index (χ0) is 19.3. The van der Waals surface area contributed by atoms with Crippen LogP contribution in [0.15, 0.2) is 59.2 Å². The Bertz CT molecular complexity index is 953. The summed E-state index contributed by atoms with van der Waals surface area (Å²) < 4.78 is 16.7. The smallest absolute Gasteiger partial charge is 0.234 e. The number of ether oxygens (including phenoxy) is 2. The van der Waals surface area contributed by atoms with Gasteiger partial charge in [-0.05, 0) is 24.3 Å². The third kappa shape index (κ3) is 2.46. The van der Waals surface area contributed by atoms with Crippen molar-refractivity contribution in [1.29, 1.82) is 0 Å². The summed E-state index contributed by atoms with van der Waals surface area (Å²) in [5, 5.41) is 2.88. The van der Waals surface area contributed by atoms with Crippen molar-refractivity contribution >= 4 is 17.5 Å². The molecule has 144 valence electrons. The molecule has 2 fully saturated rings. The van der Waals surface area contributed by atoms with Gasteiger partial charge in [0.1, 0.15) is 17.1 Å². The molecule has 1 spiro atoms. The van der Waals surface area contributed by atoms with Crippen molar-refractivity contribution in [2.75, 3.05) is 18.6 Å². The van der Waals surface area contributed by atoms with E-state index in [9.17, 15) is 9.59 Å². The van der Waals surface area contributed by atoms with Crippen molar-refractivity contribution in [2.45, 2.75) is 18.2 Å². The molecule has 0 radical (unpaired) electrons. The Labute approximate surface area is 161 Å². The summed E-state index contributed by atoms with van der Waals surface area (Å²) in [6, 6.07) is 10.9. The number of methoxy groups -OCH3 is 1. The van der Waals surface area contributed by atoms with Crippen LogP contribution in [0.2, 0.25) is 0 Å². The molecule has 28 heavy (non-hydrogen) atoms. The van der Waals surface area contributed by atoms with Crippen LogP contribution in [0.25, 0.3) is 0 Å². The van der Waals surface area contributed by atoms with E-state index in [1.54, 1.807) is 30.4 Å². The molecule has 1 aromatic heterocycles. The van der Waals surface area contributed by atoms with Crippen molar-refractivity contribution in [3.8, 4) is 5.75 Å². The Morgan fingerprint density at radius 1 is 1.36 bits per heavy atom. The van der Waals surface area contributed by atoms with Gasteiger partial charge in [-0.25, -0.2) is 0 Å². The lowest BCUT2D eigenvalue weighted by Crippen LogP contribution is -2.43. The van der Waals surface area contributed by atoms with E-state index in [0.29, 0.717) is 18.1 Å². The number of carbonyl (C=O) groups is 2. The Kier molecular flexibility index (Phi) is 3.80. The van der Waals surface area contributed by atoms with E-state index in [1.807, 2.05) is 36.4 Å². The van der Waals surface area contributed by atoms with Crippen molar-refractivity contribution in [3.63, 3.8) is 0 Å². The summed E-state index contributed by atoms with van der Waals surface area (Å²) in [5.74, 6) is -0.0446.